The third-order valence-corrected chi connectivity index (χ3v) is 3.84. The normalized spacial score (nSPS) is 11.5. The predicted octanol–water partition coefficient (Wildman–Crippen LogP) is 3.17. The zero-order chi connectivity index (χ0) is 15.9. The molecule has 0 aromatic heterocycles. The largest absolute Gasteiger partial charge is 0.341 e. The Morgan fingerprint density at radius 1 is 1.05 bits per heavy atom. The lowest BCUT2D eigenvalue weighted by molar-refractivity contribution is -0.117. The molecule has 0 fully saturated rings. The molecule has 2 aromatic carbocycles. The Morgan fingerprint density at radius 3 is 2.45 bits per heavy atom. The summed E-state index contributed by atoms with van der Waals surface area (Å²) in [6.45, 7) is 1.66. The number of nitrogens with one attached hydrogen (secondary N) is 2. The highest BCUT2D eigenvalue weighted by atomic mass is 32.2. The van der Waals surface area contributed by atoms with Crippen LogP contribution in [0.25, 0.3) is 0 Å². The van der Waals surface area contributed by atoms with E-state index >= 15 is 0 Å². The number of carbonyl (C=O) groups is 2. The Morgan fingerprint density at radius 2 is 1.77 bits per heavy atom. The van der Waals surface area contributed by atoms with Crippen molar-refractivity contribution in [1.29, 1.82) is 0 Å². The van der Waals surface area contributed by atoms with Crippen molar-refractivity contribution in [2.75, 3.05) is 11.6 Å². The van der Waals surface area contributed by atoms with Gasteiger partial charge in [-0.15, -0.1) is 11.8 Å². The second-order valence-corrected chi connectivity index (χ2v) is 5.66. The van der Waals surface area contributed by atoms with E-state index in [1.807, 2.05) is 36.6 Å². The van der Waals surface area contributed by atoms with E-state index in [4.69, 9.17) is 0 Å². The maximum absolute atomic E-state index is 12.1. The van der Waals surface area contributed by atoms with Gasteiger partial charge in [0, 0.05) is 16.1 Å². The summed E-state index contributed by atoms with van der Waals surface area (Å²) >= 11 is 1.61. The fourth-order valence-corrected chi connectivity index (χ4v) is 2.35. The highest BCUT2D eigenvalue weighted by Gasteiger charge is 2.16. The van der Waals surface area contributed by atoms with E-state index in [1.165, 1.54) is 0 Å². The van der Waals surface area contributed by atoms with E-state index in [1.54, 1.807) is 43.0 Å². The Labute approximate surface area is 134 Å². The lowest BCUT2D eigenvalue weighted by atomic mass is 10.2. The molecule has 0 aliphatic rings. The maximum Gasteiger partial charge on any atom is 0.251 e. The number of hydrogen-bond donors (Lipinski definition) is 2. The SMILES string of the molecule is CSc1cccc(NC(=O)[C@H](C)NC(=O)c2ccccc2)c1. The minimum absolute atomic E-state index is 0.248. The highest BCUT2D eigenvalue weighted by Crippen LogP contribution is 2.19. The molecule has 0 radical (unpaired) electrons. The molecule has 0 saturated heterocycles. The lowest BCUT2D eigenvalue weighted by Gasteiger charge is -2.14. The van der Waals surface area contributed by atoms with Gasteiger partial charge in [0.15, 0.2) is 0 Å². The van der Waals surface area contributed by atoms with Gasteiger partial charge in [-0.3, -0.25) is 9.59 Å². The minimum atomic E-state index is -0.620. The van der Waals surface area contributed by atoms with Gasteiger partial charge in [0.05, 0.1) is 0 Å². The van der Waals surface area contributed by atoms with Gasteiger partial charge in [-0.1, -0.05) is 24.3 Å². The summed E-state index contributed by atoms with van der Waals surface area (Å²) in [5.74, 6) is -0.511. The molecule has 2 amide bonds. The number of anilines is 1. The summed E-state index contributed by atoms with van der Waals surface area (Å²) in [4.78, 5) is 25.2. The van der Waals surface area contributed by atoms with Crippen molar-refractivity contribution in [3.63, 3.8) is 0 Å². The Bertz CT molecular complexity index is 659. The van der Waals surface area contributed by atoms with Crippen molar-refractivity contribution in [2.45, 2.75) is 17.9 Å². The molecular formula is C17H18N2O2S. The third kappa shape index (κ3) is 4.36. The Balaban J connectivity index is 1.96. The fraction of sp³-hybridized carbons (Fsp3) is 0.176. The molecule has 2 rings (SSSR count). The summed E-state index contributed by atoms with van der Waals surface area (Å²) in [5.41, 5.74) is 1.25. The molecule has 1 atom stereocenters. The van der Waals surface area contributed by atoms with Crippen molar-refractivity contribution in [2.24, 2.45) is 0 Å². The standard InChI is InChI=1S/C17H18N2O2S/c1-12(18-17(21)13-7-4-3-5-8-13)16(20)19-14-9-6-10-15(11-14)22-2/h3-12H,1-2H3,(H,18,21)(H,19,20)/t12-/m0/s1. The van der Waals surface area contributed by atoms with Crippen LogP contribution in [-0.2, 0) is 4.79 Å². The zero-order valence-electron chi connectivity index (χ0n) is 12.5. The van der Waals surface area contributed by atoms with Crippen LogP contribution < -0.4 is 10.6 Å². The number of hydrogen-bond acceptors (Lipinski definition) is 3. The highest BCUT2D eigenvalue weighted by molar-refractivity contribution is 7.98. The Kier molecular flexibility index (Phi) is 5.61. The molecule has 0 aliphatic heterocycles. The van der Waals surface area contributed by atoms with Gasteiger partial charge in [-0.25, -0.2) is 0 Å². The summed E-state index contributed by atoms with van der Waals surface area (Å²) in [6.07, 6.45) is 1.98. The molecule has 2 N–H and O–H groups in total. The summed E-state index contributed by atoms with van der Waals surface area (Å²) < 4.78 is 0. The predicted molar refractivity (Wildman–Crippen MR) is 90.2 cm³/mol. The van der Waals surface area contributed by atoms with Crippen LogP contribution >= 0.6 is 11.8 Å². The fourth-order valence-electron chi connectivity index (χ4n) is 1.89. The number of rotatable bonds is 5. The molecule has 2 aromatic rings. The van der Waals surface area contributed by atoms with Crippen LogP contribution in [0.4, 0.5) is 5.69 Å². The van der Waals surface area contributed by atoms with Crippen LogP contribution in [0.5, 0.6) is 0 Å². The van der Waals surface area contributed by atoms with Gasteiger partial charge in [0.1, 0.15) is 6.04 Å². The molecule has 0 spiro atoms. The van der Waals surface area contributed by atoms with Crippen LogP contribution in [0, 0.1) is 0 Å². The number of thioether (sulfide) groups is 1. The summed E-state index contributed by atoms with van der Waals surface area (Å²) in [5, 5.41) is 5.49. The van der Waals surface area contributed by atoms with Gasteiger partial charge in [0.2, 0.25) is 5.91 Å². The molecule has 22 heavy (non-hydrogen) atoms. The average molecular weight is 314 g/mol. The molecule has 0 unspecified atom stereocenters. The first-order chi connectivity index (χ1) is 10.6. The van der Waals surface area contributed by atoms with Crippen LogP contribution in [-0.4, -0.2) is 24.1 Å². The van der Waals surface area contributed by atoms with Crippen molar-refractivity contribution in [3.05, 3.63) is 60.2 Å². The van der Waals surface area contributed by atoms with Crippen LogP contribution in [0.1, 0.15) is 17.3 Å². The van der Waals surface area contributed by atoms with Crippen molar-refractivity contribution in [1.82, 2.24) is 5.32 Å². The van der Waals surface area contributed by atoms with E-state index < -0.39 is 6.04 Å². The molecule has 114 valence electrons. The van der Waals surface area contributed by atoms with Gasteiger partial charge in [0.25, 0.3) is 5.91 Å². The first kappa shape index (κ1) is 16.1. The van der Waals surface area contributed by atoms with Crippen LogP contribution in [0.2, 0.25) is 0 Å². The smallest absolute Gasteiger partial charge is 0.251 e. The van der Waals surface area contributed by atoms with Gasteiger partial charge >= 0.3 is 0 Å². The van der Waals surface area contributed by atoms with Gasteiger partial charge < -0.3 is 10.6 Å². The monoisotopic (exact) mass is 314 g/mol. The molecule has 0 saturated carbocycles. The Hall–Kier alpha value is -2.27. The number of amides is 2. The molecule has 0 aliphatic carbocycles. The van der Waals surface area contributed by atoms with E-state index in [-0.39, 0.29) is 11.8 Å². The molecular weight excluding hydrogens is 296 g/mol. The topological polar surface area (TPSA) is 58.2 Å². The van der Waals surface area contributed by atoms with Gasteiger partial charge in [-0.05, 0) is 43.5 Å². The van der Waals surface area contributed by atoms with Crippen LogP contribution in [0.3, 0.4) is 0 Å². The van der Waals surface area contributed by atoms with E-state index in [2.05, 4.69) is 10.6 Å². The molecule has 0 bridgehead atoms. The van der Waals surface area contributed by atoms with E-state index in [9.17, 15) is 9.59 Å². The van der Waals surface area contributed by atoms with Crippen LogP contribution in [0.15, 0.2) is 59.5 Å². The first-order valence-corrected chi connectivity index (χ1v) is 8.13. The number of carbonyl (C=O) groups excluding carboxylic acids is 2. The van der Waals surface area contributed by atoms with Crippen molar-refractivity contribution >= 4 is 29.3 Å². The van der Waals surface area contributed by atoms with Crippen molar-refractivity contribution in [3.8, 4) is 0 Å². The first-order valence-electron chi connectivity index (χ1n) is 6.91. The van der Waals surface area contributed by atoms with E-state index in [0.717, 1.165) is 10.6 Å². The van der Waals surface area contributed by atoms with E-state index in [0.29, 0.717) is 5.56 Å². The molecule has 0 heterocycles. The molecule has 4 nitrogen and oxygen atoms in total. The third-order valence-electron chi connectivity index (χ3n) is 3.11. The maximum atomic E-state index is 12.1. The average Bonchev–Trinajstić information content (AvgIpc) is 2.55. The van der Waals surface area contributed by atoms with Crippen molar-refractivity contribution < 1.29 is 9.59 Å². The quantitative estimate of drug-likeness (QED) is 0.834. The number of benzene rings is 2. The zero-order valence-corrected chi connectivity index (χ0v) is 13.3. The minimum Gasteiger partial charge on any atom is -0.341 e. The summed E-state index contributed by atoms with van der Waals surface area (Å²) in [6, 6.07) is 15.8. The summed E-state index contributed by atoms with van der Waals surface area (Å²) in [7, 11) is 0. The lowest BCUT2D eigenvalue weighted by Crippen LogP contribution is -2.41. The molecule has 5 heteroatoms. The second-order valence-electron chi connectivity index (χ2n) is 4.78. The van der Waals surface area contributed by atoms with Gasteiger partial charge in [-0.2, -0.15) is 0 Å². The second kappa shape index (κ2) is 7.66.